The van der Waals surface area contributed by atoms with Gasteiger partial charge in [0.15, 0.2) is 17.5 Å². The van der Waals surface area contributed by atoms with Crippen molar-refractivity contribution in [1.82, 2.24) is 20.4 Å². The molecule has 1 aromatic heterocycles. The predicted molar refractivity (Wildman–Crippen MR) is 102 cm³/mol. The van der Waals surface area contributed by atoms with Crippen LogP contribution in [0.15, 0.2) is 29.3 Å². The predicted octanol–water partition coefficient (Wildman–Crippen LogP) is 2.70. The second kappa shape index (κ2) is 9.22. The van der Waals surface area contributed by atoms with E-state index in [4.69, 9.17) is 4.74 Å². The number of guanidine groups is 1. The first-order valence-electron chi connectivity index (χ1n) is 8.84. The van der Waals surface area contributed by atoms with Crippen molar-refractivity contribution in [3.8, 4) is 5.75 Å². The number of aryl methyl sites for hydroxylation is 2. The van der Waals surface area contributed by atoms with Crippen molar-refractivity contribution in [2.75, 3.05) is 13.1 Å². The number of para-hydroxylation sites is 1. The molecule has 0 aliphatic heterocycles. The van der Waals surface area contributed by atoms with Gasteiger partial charge in [0.1, 0.15) is 6.10 Å². The van der Waals surface area contributed by atoms with Crippen LogP contribution in [0, 0.1) is 19.7 Å². The molecule has 0 saturated heterocycles. The summed E-state index contributed by atoms with van der Waals surface area (Å²) in [6.07, 6.45) is -0.211. The third-order valence-corrected chi connectivity index (χ3v) is 4.12. The number of aliphatic imine (C=N–C) groups is 1. The molecule has 1 unspecified atom stereocenters. The van der Waals surface area contributed by atoms with Crippen LogP contribution in [-0.2, 0) is 13.6 Å². The summed E-state index contributed by atoms with van der Waals surface area (Å²) in [7, 11) is 1.93. The van der Waals surface area contributed by atoms with E-state index in [0.29, 0.717) is 19.0 Å². The van der Waals surface area contributed by atoms with E-state index in [9.17, 15) is 4.39 Å². The van der Waals surface area contributed by atoms with Gasteiger partial charge in [0.25, 0.3) is 0 Å². The molecule has 2 aromatic rings. The fraction of sp³-hybridized carbons (Fsp3) is 0.474. The molecule has 0 amide bonds. The molecular weight excluding hydrogens is 333 g/mol. The molecule has 1 heterocycles. The molecule has 0 saturated carbocycles. The SMILES string of the molecule is CCNC(=NCc1c(C)nn(C)c1C)NCC(C)Oc1ccccc1F. The first-order chi connectivity index (χ1) is 12.4. The molecule has 7 heteroatoms. The maximum Gasteiger partial charge on any atom is 0.191 e. The van der Waals surface area contributed by atoms with Crippen LogP contribution in [0.5, 0.6) is 5.75 Å². The van der Waals surface area contributed by atoms with Crippen LogP contribution >= 0.6 is 0 Å². The van der Waals surface area contributed by atoms with Gasteiger partial charge in [-0.15, -0.1) is 0 Å². The van der Waals surface area contributed by atoms with E-state index in [1.807, 2.05) is 39.4 Å². The Morgan fingerprint density at radius 1 is 1.31 bits per heavy atom. The third-order valence-electron chi connectivity index (χ3n) is 4.12. The minimum absolute atomic E-state index is 0.211. The number of aromatic nitrogens is 2. The summed E-state index contributed by atoms with van der Waals surface area (Å²) in [5.41, 5.74) is 3.22. The van der Waals surface area contributed by atoms with Gasteiger partial charge in [-0.05, 0) is 39.8 Å². The highest BCUT2D eigenvalue weighted by Gasteiger charge is 2.11. The van der Waals surface area contributed by atoms with Crippen LogP contribution in [0.4, 0.5) is 4.39 Å². The van der Waals surface area contributed by atoms with Crippen molar-refractivity contribution < 1.29 is 9.13 Å². The Morgan fingerprint density at radius 3 is 2.65 bits per heavy atom. The normalized spacial score (nSPS) is 12.8. The number of halogens is 1. The topological polar surface area (TPSA) is 63.5 Å². The van der Waals surface area contributed by atoms with Crippen molar-refractivity contribution >= 4 is 5.96 Å². The Bertz CT molecular complexity index is 756. The smallest absolute Gasteiger partial charge is 0.191 e. The summed E-state index contributed by atoms with van der Waals surface area (Å²) in [5, 5.41) is 10.9. The van der Waals surface area contributed by atoms with Gasteiger partial charge in [-0.3, -0.25) is 4.68 Å². The Kier molecular flexibility index (Phi) is 7.00. The average Bonchev–Trinajstić information content (AvgIpc) is 2.85. The third kappa shape index (κ3) is 5.21. The number of ether oxygens (including phenoxy) is 1. The number of rotatable bonds is 7. The number of nitrogens with zero attached hydrogens (tertiary/aromatic N) is 3. The van der Waals surface area contributed by atoms with Crippen molar-refractivity contribution in [3.63, 3.8) is 0 Å². The van der Waals surface area contributed by atoms with Gasteiger partial charge in [0.05, 0.1) is 18.8 Å². The van der Waals surface area contributed by atoms with E-state index in [0.717, 1.165) is 23.5 Å². The zero-order valence-electron chi connectivity index (χ0n) is 16.1. The van der Waals surface area contributed by atoms with E-state index in [-0.39, 0.29) is 17.7 Å². The fourth-order valence-electron chi connectivity index (χ4n) is 2.59. The zero-order chi connectivity index (χ0) is 19.1. The van der Waals surface area contributed by atoms with Gasteiger partial charge in [0, 0.05) is 24.8 Å². The highest BCUT2D eigenvalue weighted by molar-refractivity contribution is 5.79. The quantitative estimate of drug-likeness (QED) is 0.588. The van der Waals surface area contributed by atoms with Crippen LogP contribution in [0.2, 0.25) is 0 Å². The summed E-state index contributed by atoms with van der Waals surface area (Å²) < 4.78 is 21.2. The summed E-state index contributed by atoms with van der Waals surface area (Å²) >= 11 is 0. The summed E-state index contributed by atoms with van der Waals surface area (Å²) in [6, 6.07) is 6.41. The number of nitrogens with one attached hydrogen (secondary N) is 2. The monoisotopic (exact) mass is 361 g/mol. The standard InChI is InChI=1S/C19H28FN5O/c1-6-21-19(23-12-16-14(3)24-25(5)15(16)4)22-11-13(2)26-18-10-8-7-9-17(18)20/h7-10,13H,6,11-12H2,1-5H3,(H2,21,22,23). The maximum atomic E-state index is 13.7. The molecular formula is C19H28FN5O. The van der Waals surface area contributed by atoms with Gasteiger partial charge < -0.3 is 15.4 Å². The van der Waals surface area contributed by atoms with Crippen LogP contribution in [-0.4, -0.2) is 34.9 Å². The Hall–Kier alpha value is -2.57. The van der Waals surface area contributed by atoms with Gasteiger partial charge >= 0.3 is 0 Å². The summed E-state index contributed by atoms with van der Waals surface area (Å²) in [5.74, 6) is 0.590. The van der Waals surface area contributed by atoms with E-state index < -0.39 is 0 Å². The Morgan fingerprint density at radius 2 is 2.04 bits per heavy atom. The second-order valence-electron chi connectivity index (χ2n) is 6.21. The van der Waals surface area contributed by atoms with Gasteiger partial charge in [-0.1, -0.05) is 12.1 Å². The minimum Gasteiger partial charge on any atom is -0.486 e. The molecule has 2 rings (SSSR count). The summed E-state index contributed by atoms with van der Waals surface area (Å²) in [4.78, 5) is 4.63. The Labute approximate surface area is 154 Å². The lowest BCUT2D eigenvalue weighted by atomic mass is 10.2. The molecule has 26 heavy (non-hydrogen) atoms. The van der Waals surface area contributed by atoms with Crippen LogP contribution in [0.3, 0.4) is 0 Å². The minimum atomic E-state index is -0.359. The highest BCUT2D eigenvalue weighted by atomic mass is 19.1. The largest absolute Gasteiger partial charge is 0.486 e. The van der Waals surface area contributed by atoms with E-state index in [1.54, 1.807) is 18.2 Å². The van der Waals surface area contributed by atoms with Crippen LogP contribution in [0.25, 0.3) is 0 Å². The lowest BCUT2D eigenvalue weighted by Crippen LogP contribution is -2.41. The molecule has 0 radical (unpaired) electrons. The number of hydrogen-bond donors (Lipinski definition) is 2. The first-order valence-corrected chi connectivity index (χ1v) is 8.84. The van der Waals surface area contributed by atoms with E-state index in [1.165, 1.54) is 6.07 Å². The first kappa shape index (κ1) is 19.8. The fourth-order valence-corrected chi connectivity index (χ4v) is 2.59. The molecule has 0 aliphatic rings. The van der Waals surface area contributed by atoms with Gasteiger partial charge in [0.2, 0.25) is 0 Å². The lowest BCUT2D eigenvalue weighted by Gasteiger charge is -2.18. The lowest BCUT2D eigenvalue weighted by molar-refractivity contribution is 0.214. The van der Waals surface area contributed by atoms with Crippen molar-refractivity contribution in [3.05, 3.63) is 47.0 Å². The molecule has 0 spiro atoms. The van der Waals surface area contributed by atoms with Gasteiger partial charge in [-0.2, -0.15) is 5.10 Å². The van der Waals surface area contributed by atoms with Crippen LogP contribution in [0.1, 0.15) is 30.8 Å². The highest BCUT2D eigenvalue weighted by Crippen LogP contribution is 2.16. The Balaban J connectivity index is 1.95. The van der Waals surface area contributed by atoms with Crippen LogP contribution < -0.4 is 15.4 Å². The molecule has 0 aliphatic carbocycles. The van der Waals surface area contributed by atoms with Crippen molar-refractivity contribution in [2.45, 2.75) is 40.3 Å². The number of hydrogen-bond acceptors (Lipinski definition) is 3. The molecule has 2 N–H and O–H groups in total. The van der Waals surface area contributed by atoms with E-state index >= 15 is 0 Å². The zero-order valence-corrected chi connectivity index (χ0v) is 16.1. The summed E-state index contributed by atoms with van der Waals surface area (Å²) in [6.45, 7) is 9.72. The molecule has 1 aromatic carbocycles. The van der Waals surface area contributed by atoms with E-state index in [2.05, 4.69) is 20.7 Å². The average molecular weight is 361 g/mol. The molecule has 0 fully saturated rings. The van der Waals surface area contributed by atoms with Crippen molar-refractivity contribution in [1.29, 1.82) is 0 Å². The maximum absolute atomic E-state index is 13.7. The molecule has 142 valence electrons. The second-order valence-corrected chi connectivity index (χ2v) is 6.21. The molecule has 6 nitrogen and oxygen atoms in total. The number of benzene rings is 1. The molecule has 0 bridgehead atoms. The molecule has 1 atom stereocenters. The van der Waals surface area contributed by atoms with Crippen molar-refractivity contribution in [2.24, 2.45) is 12.0 Å². The van der Waals surface area contributed by atoms with Gasteiger partial charge in [-0.25, -0.2) is 9.38 Å².